The van der Waals surface area contributed by atoms with Crippen molar-refractivity contribution >= 4 is 23.6 Å². The van der Waals surface area contributed by atoms with Gasteiger partial charge in [0.25, 0.3) is 5.91 Å². The normalized spacial score (nSPS) is 14.2. The summed E-state index contributed by atoms with van der Waals surface area (Å²) in [5.41, 5.74) is 1.33. The molecule has 1 fully saturated rings. The fourth-order valence-electron chi connectivity index (χ4n) is 5.03. The molecular weight excluding hydrogens is 583 g/mol. The molecule has 2 heterocycles. The Morgan fingerprint density at radius 1 is 1.02 bits per heavy atom. The van der Waals surface area contributed by atoms with E-state index in [1.807, 2.05) is 42.3 Å². The highest BCUT2D eigenvalue weighted by Crippen LogP contribution is 2.35. The van der Waals surface area contributed by atoms with Gasteiger partial charge in [-0.2, -0.15) is 18.2 Å². The van der Waals surface area contributed by atoms with Crippen molar-refractivity contribution in [3.63, 3.8) is 0 Å². The first-order valence-electron chi connectivity index (χ1n) is 14.4. The monoisotopic (exact) mass is 617 g/mol. The summed E-state index contributed by atoms with van der Waals surface area (Å²) in [7, 11) is 3.66. The van der Waals surface area contributed by atoms with Crippen molar-refractivity contribution in [3.8, 4) is 23.0 Å². The molecule has 12 heteroatoms. The first kappa shape index (κ1) is 31.6. The average Bonchev–Trinajstić information content (AvgIpc) is 3.03. The van der Waals surface area contributed by atoms with Gasteiger partial charge in [0, 0.05) is 62.8 Å². The largest absolute Gasteiger partial charge is 0.438 e. The van der Waals surface area contributed by atoms with Gasteiger partial charge in [0.1, 0.15) is 11.6 Å². The van der Waals surface area contributed by atoms with Crippen LogP contribution in [0.3, 0.4) is 0 Å². The van der Waals surface area contributed by atoms with E-state index in [0.29, 0.717) is 41.6 Å². The number of alkyl halides is 3. The molecule has 0 unspecified atom stereocenters. The van der Waals surface area contributed by atoms with Crippen molar-refractivity contribution in [1.29, 1.82) is 5.41 Å². The third-order valence-electron chi connectivity index (χ3n) is 7.64. The maximum absolute atomic E-state index is 14.1. The Morgan fingerprint density at radius 3 is 2.42 bits per heavy atom. The van der Waals surface area contributed by atoms with Crippen molar-refractivity contribution < 1.29 is 22.7 Å². The maximum Gasteiger partial charge on any atom is 0.416 e. The summed E-state index contributed by atoms with van der Waals surface area (Å²) in [5.74, 6) is 0.565. The van der Waals surface area contributed by atoms with Crippen LogP contribution in [0.15, 0.2) is 66.7 Å². The van der Waals surface area contributed by atoms with Crippen molar-refractivity contribution in [1.82, 2.24) is 19.8 Å². The molecule has 0 saturated carbocycles. The van der Waals surface area contributed by atoms with Crippen LogP contribution in [0.1, 0.15) is 32.6 Å². The van der Waals surface area contributed by atoms with Crippen LogP contribution in [0.2, 0.25) is 0 Å². The zero-order chi connectivity index (χ0) is 32.1. The number of likely N-dealkylation sites (N-methyl/N-ethyl adjacent to an activating group) is 1. The van der Waals surface area contributed by atoms with Gasteiger partial charge in [-0.1, -0.05) is 42.5 Å². The smallest absolute Gasteiger partial charge is 0.416 e. The van der Waals surface area contributed by atoms with Gasteiger partial charge in [-0.25, -0.2) is 4.98 Å². The minimum Gasteiger partial charge on any atom is -0.438 e. The Balaban J connectivity index is 1.39. The summed E-state index contributed by atoms with van der Waals surface area (Å²) in [6.45, 7) is 4.92. The molecule has 5 rings (SSSR count). The van der Waals surface area contributed by atoms with Crippen LogP contribution in [-0.4, -0.2) is 72.2 Å². The van der Waals surface area contributed by atoms with Gasteiger partial charge in [0.05, 0.1) is 11.1 Å². The lowest BCUT2D eigenvalue weighted by atomic mass is 10.0. The predicted molar refractivity (Wildman–Crippen MR) is 168 cm³/mol. The van der Waals surface area contributed by atoms with Crippen molar-refractivity contribution in [2.75, 3.05) is 50.9 Å². The quantitative estimate of drug-likeness (QED) is 0.189. The van der Waals surface area contributed by atoms with Gasteiger partial charge in [-0.05, 0) is 49.4 Å². The van der Waals surface area contributed by atoms with Crippen LogP contribution in [-0.2, 0) is 12.7 Å². The number of hydrogen-bond donors (Lipinski definition) is 3. The van der Waals surface area contributed by atoms with Gasteiger partial charge in [-0.15, -0.1) is 0 Å². The molecule has 4 aromatic rings. The lowest BCUT2D eigenvalue weighted by Crippen LogP contribution is -2.44. The van der Waals surface area contributed by atoms with Gasteiger partial charge in [0.2, 0.25) is 5.88 Å². The number of nitrogens with one attached hydrogen (secondary N) is 3. The number of anilines is 2. The summed E-state index contributed by atoms with van der Waals surface area (Å²) in [6.07, 6.45) is -3.50. The first-order valence-corrected chi connectivity index (χ1v) is 14.4. The second-order valence-electron chi connectivity index (χ2n) is 10.9. The number of carbonyl (C=O) groups excluding carboxylic acids is 1. The van der Waals surface area contributed by atoms with E-state index in [2.05, 4.69) is 25.5 Å². The Kier molecular flexibility index (Phi) is 9.45. The van der Waals surface area contributed by atoms with Gasteiger partial charge < -0.3 is 25.7 Å². The van der Waals surface area contributed by atoms with Crippen molar-refractivity contribution in [3.05, 3.63) is 94.5 Å². The van der Waals surface area contributed by atoms with Gasteiger partial charge >= 0.3 is 6.18 Å². The van der Waals surface area contributed by atoms with Crippen LogP contribution >= 0.6 is 0 Å². The molecule has 0 aliphatic carbocycles. The molecule has 1 amide bonds. The van der Waals surface area contributed by atoms with Crippen molar-refractivity contribution in [2.24, 2.45) is 0 Å². The molecule has 45 heavy (non-hydrogen) atoms. The highest BCUT2D eigenvalue weighted by Gasteiger charge is 2.34. The average molecular weight is 618 g/mol. The second-order valence-corrected chi connectivity index (χ2v) is 10.9. The third kappa shape index (κ3) is 7.47. The number of rotatable bonds is 9. The number of piperazine rings is 1. The van der Waals surface area contributed by atoms with E-state index >= 15 is 0 Å². The Hall–Kier alpha value is -4.81. The number of halogens is 3. The van der Waals surface area contributed by atoms with Crippen LogP contribution in [0.5, 0.6) is 11.6 Å². The molecule has 0 spiro atoms. The summed E-state index contributed by atoms with van der Waals surface area (Å²) in [5, 5.41) is 13.5. The number of nitrogens with zero attached hydrogens (tertiary/aromatic N) is 4. The van der Waals surface area contributed by atoms with E-state index in [-0.39, 0.29) is 29.2 Å². The van der Waals surface area contributed by atoms with Crippen LogP contribution < -0.4 is 15.4 Å². The molecule has 3 aromatic carbocycles. The molecule has 1 aliphatic rings. The third-order valence-corrected chi connectivity index (χ3v) is 7.64. The molecule has 0 radical (unpaired) electrons. The van der Waals surface area contributed by atoms with Crippen molar-refractivity contribution in [2.45, 2.75) is 19.6 Å². The molecule has 9 nitrogen and oxygen atoms in total. The van der Waals surface area contributed by atoms with E-state index in [1.165, 1.54) is 18.2 Å². The number of aromatic nitrogens is 2. The lowest BCUT2D eigenvalue weighted by Gasteiger charge is -2.33. The Bertz CT molecular complexity index is 1690. The number of carbonyl (C=O) groups is 1. The number of hydrogen-bond acceptors (Lipinski definition) is 8. The van der Waals surface area contributed by atoms with E-state index in [0.717, 1.165) is 30.9 Å². The fraction of sp³-hybridized carbons (Fsp3) is 0.273. The van der Waals surface area contributed by atoms with Gasteiger partial charge in [-0.3, -0.25) is 9.69 Å². The second kappa shape index (κ2) is 13.4. The van der Waals surface area contributed by atoms with Crippen LogP contribution in [0.25, 0.3) is 11.4 Å². The topological polar surface area (TPSA) is 106 Å². The predicted octanol–water partition coefficient (Wildman–Crippen LogP) is 6.30. The van der Waals surface area contributed by atoms with E-state index in [9.17, 15) is 18.0 Å². The number of aryl methyl sites for hydroxylation is 1. The van der Waals surface area contributed by atoms with E-state index < -0.39 is 17.6 Å². The van der Waals surface area contributed by atoms with Crippen LogP contribution in [0, 0.1) is 12.3 Å². The standard InChI is InChI=1S/C33H34F3N7O2/c1-21-9-10-23(17-28(21)45-32-26(19-37)30(38-2)40-29(41-32)22-7-5-4-6-8-22)31(44)39-25-12-11-24(27(18-25)33(34,35)36)20-43-15-13-42(3)14-16-43/h4-12,17-19,37H,13-16,20H2,1-3H3,(H,39,44)(H,38,40,41). The molecule has 1 aliphatic heterocycles. The Morgan fingerprint density at radius 2 is 1.76 bits per heavy atom. The maximum atomic E-state index is 14.1. The number of benzene rings is 3. The zero-order valence-electron chi connectivity index (χ0n) is 25.2. The summed E-state index contributed by atoms with van der Waals surface area (Å²) < 4.78 is 48.4. The molecular formula is C33H34F3N7O2. The first-order chi connectivity index (χ1) is 21.5. The highest BCUT2D eigenvalue weighted by molar-refractivity contribution is 6.04. The zero-order valence-corrected chi connectivity index (χ0v) is 25.2. The molecule has 1 aromatic heterocycles. The van der Waals surface area contributed by atoms with E-state index in [1.54, 1.807) is 26.1 Å². The number of ether oxygens (including phenoxy) is 1. The molecule has 0 bridgehead atoms. The van der Waals surface area contributed by atoms with Gasteiger partial charge in [0.15, 0.2) is 5.82 Å². The molecule has 0 atom stereocenters. The Labute approximate surface area is 259 Å². The molecule has 234 valence electrons. The summed E-state index contributed by atoms with van der Waals surface area (Å²) >= 11 is 0. The summed E-state index contributed by atoms with van der Waals surface area (Å²) in [4.78, 5) is 26.5. The minimum atomic E-state index is -4.58. The fourth-order valence-corrected chi connectivity index (χ4v) is 5.03. The lowest BCUT2D eigenvalue weighted by molar-refractivity contribution is -0.138. The molecule has 3 N–H and O–H groups in total. The summed E-state index contributed by atoms with van der Waals surface area (Å²) in [6, 6.07) is 17.9. The highest BCUT2D eigenvalue weighted by atomic mass is 19.4. The van der Waals surface area contributed by atoms with Crippen LogP contribution in [0.4, 0.5) is 24.7 Å². The number of amides is 1. The van der Waals surface area contributed by atoms with E-state index in [4.69, 9.17) is 10.1 Å². The SMILES string of the molecule is CNc1nc(-c2ccccc2)nc(Oc2cc(C(=O)Nc3ccc(CN4CCN(C)CC4)c(C(F)(F)F)c3)ccc2C)c1C=N. The molecule has 1 saturated heterocycles. The minimum absolute atomic E-state index is 0.0329.